The quantitative estimate of drug-likeness (QED) is 0.725. The monoisotopic (exact) mass is 287 g/mol. The number of fused-ring (bicyclic) bond motifs is 1. The molecule has 0 saturated carbocycles. The molecule has 1 spiro atoms. The molecule has 110 valence electrons. The number of benzene rings is 1. The highest BCUT2D eigenvalue weighted by molar-refractivity contribution is 5.97. The first kappa shape index (κ1) is 13.4. The summed E-state index contributed by atoms with van der Waals surface area (Å²) in [5.74, 6) is 0.489. The molecule has 0 aliphatic carbocycles. The van der Waals surface area contributed by atoms with Gasteiger partial charge >= 0.3 is 0 Å². The number of ether oxygens (including phenoxy) is 2. The van der Waals surface area contributed by atoms with E-state index < -0.39 is 11.6 Å². The molecule has 1 atom stereocenters. The fourth-order valence-corrected chi connectivity index (χ4v) is 2.69. The van der Waals surface area contributed by atoms with E-state index in [1.165, 1.54) is 0 Å². The first-order valence-corrected chi connectivity index (χ1v) is 6.59. The summed E-state index contributed by atoms with van der Waals surface area (Å²) in [6.07, 6.45) is 1.66. The smallest absolute Gasteiger partial charge is 0.256 e. The molecule has 2 aliphatic rings. The predicted octanol–water partition coefficient (Wildman–Crippen LogP) is 1.39. The van der Waals surface area contributed by atoms with E-state index in [1.807, 2.05) is 26.0 Å². The third kappa shape index (κ3) is 1.83. The molecule has 3 rings (SSSR count). The second-order valence-corrected chi connectivity index (χ2v) is 5.31. The van der Waals surface area contributed by atoms with Crippen molar-refractivity contribution in [2.75, 3.05) is 5.32 Å². The van der Waals surface area contributed by atoms with Gasteiger partial charge in [0.05, 0.1) is 5.69 Å². The Kier molecular flexibility index (Phi) is 2.66. The summed E-state index contributed by atoms with van der Waals surface area (Å²) in [4.78, 5) is 11.8. The zero-order valence-corrected chi connectivity index (χ0v) is 12.1. The van der Waals surface area contributed by atoms with Gasteiger partial charge < -0.3 is 26.3 Å². The van der Waals surface area contributed by atoms with E-state index in [1.54, 1.807) is 13.0 Å². The van der Waals surface area contributed by atoms with E-state index in [0.29, 0.717) is 11.5 Å². The Labute approximate surface area is 122 Å². The largest absolute Gasteiger partial charge is 0.457 e. The minimum absolute atomic E-state index is 0.0443. The van der Waals surface area contributed by atoms with Crippen LogP contribution in [0.1, 0.15) is 18.1 Å². The number of nitrogens with two attached hydrogens (primary N) is 2. The molecule has 0 bridgehead atoms. The number of amides is 1. The lowest BCUT2D eigenvalue weighted by Crippen LogP contribution is -2.48. The number of nitrogens with one attached hydrogen (secondary N) is 1. The molecular formula is C15H17N3O3. The number of anilines is 1. The number of primary amides is 1. The minimum atomic E-state index is -1.21. The molecule has 2 heterocycles. The number of carbonyl (C=O) groups is 1. The van der Waals surface area contributed by atoms with Crippen molar-refractivity contribution in [3.63, 3.8) is 0 Å². The number of hydrogen-bond donors (Lipinski definition) is 3. The molecule has 0 saturated heterocycles. The Morgan fingerprint density at radius 1 is 1.29 bits per heavy atom. The highest BCUT2D eigenvalue weighted by atomic mass is 16.5. The van der Waals surface area contributed by atoms with Gasteiger partial charge in [0, 0.05) is 6.08 Å². The minimum Gasteiger partial charge on any atom is -0.457 e. The molecule has 0 radical (unpaired) electrons. The van der Waals surface area contributed by atoms with Crippen molar-refractivity contribution in [1.82, 2.24) is 0 Å². The zero-order chi connectivity index (χ0) is 15.4. The van der Waals surface area contributed by atoms with E-state index in [9.17, 15) is 4.79 Å². The Balaban J connectivity index is 2.16. The number of allylic oxidation sites excluding steroid dienone is 1. The normalized spacial score (nSPS) is 23.1. The topological polar surface area (TPSA) is 99.6 Å². The third-order valence-electron chi connectivity index (χ3n) is 3.80. The molecule has 21 heavy (non-hydrogen) atoms. The highest BCUT2D eigenvalue weighted by Crippen LogP contribution is 2.45. The maximum atomic E-state index is 11.8. The van der Waals surface area contributed by atoms with Gasteiger partial charge in [-0.2, -0.15) is 0 Å². The lowest BCUT2D eigenvalue weighted by molar-refractivity contribution is -0.116. The van der Waals surface area contributed by atoms with E-state index in [-0.39, 0.29) is 11.5 Å². The maximum absolute atomic E-state index is 11.8. The molecule has 5 N–H and O–H groups in total. The summed E-state index contributed by atoms with van der Waals surface area (Å²) in [6, 6.07) is 3.89. The summed E-state index contributed by atoms with van der Waals surface area (Å²) in [5.41, 5.74) is 13.0. The van der Waals surface area contributed by atoms with Crippen LogP contribution in [-0.4, -0.2) is 11.6 Å². The summed E-state index contributed by atoms with van der Waals surface area (Å²) < 4.78 is 11.4. The first-order chi connectivity index (χ1) is 9.84. The molecule has 2 aliphatic heterocycles. The molecule has 1 amide bonds. The number of carbonyl (C=O) groups excluding carboxylic acids is 1. The average molecular weight is 287 g/mol. The van der Waals surface area contributed by atoms with E-state index in [4.69, 9.17) is 20.9 Å². The fourth-order valence-electron chi connectivity index (χ4n) is 2.69. The summed E-state index contributed by atoms with van der Waals surface area (Å²) >= 11 is 0. The van der Waals surface area contributed by atoms with Crippen LogP contribution in [0.4, 0.5) is 5.69 Å². The van der Waals surface area contributed by atoms with Crippen LogP contribution in [0.3, 0.4) is 0 Å². The van der Waals surface area contributed by atoms with Gasteiger partial charge in [-0.05, 0) is 38.0 Å². The molecular weight excluding hydrogens is 270 g/mol. The summed E-state index contributed by atoms with van der Waals surface area (Å²) in [5, 5.41) is 3.19. The first-order valence-electron chi connectivity index (χ1n) is 6.59. The number of rotatable bonds is 1. The van der Waals surface area contributed by atoms with Crippen LogP contribution in [0.2, 0.25) is 0 Å². The molecule has 1 unspecified atom stereocenters. The molecule has 0 aromatic heterocycles. The third-order valence-corrected chi connectivity index (χ3v) is 3.80. The van der Waals surface area contributed by atoms with E-state index in [2.05, 4.69) is 5.32 Å². The summed E-state index contributed by atoms with van der Waals surface area (Å²) in [6.45, 7) is 5.69. The van der Waals surface area contributed by atoms with Gasteiger partial charge in [0.2, 0.25) is 11.6 Å². The van der Waals surface area contributed by atoms with Crippen molar-refractivity contribution in [2.45, 2.75) is 26.5 Å². The molecule has 1 aromatic carbocycles. The van der Waals surface area contributed by atoms with Crippen LogP contribution in [0.15, 0.2) is 35.4 Å². The predicted molar refractivity (Wildman–Crippen MR) is 78.1 cm³/mol. The number of aryl methyl sites for hydroxylation is 1. The van der Waals surface area contributed by atoms with Crippen molar-refractivity contribution in [1.29, 1.82) is 0 Å². The van der Waals surface area contributed by atoms with Crippen LogP contribution >= 0.6 is 0 Å². The van der Waals surface area contributed by atoms with Crippen molar-refractivity contribution in [3.05, 3.63) is 46.6 Å². The molecule has 6 nitrogen and oxygen atoms in total. The van der Waals surface area contributed by atoms with E-state index >= 15 is 0 Å². The fraction of sp³-hybridized carbons (Fsp3) is 0.267. The lowest BCUT2D eigenvalue weighted by Gasteiger charge is -2.31. The van der Waals surface area contributed by atoms with Gasteiger partial charge in [0.15, 0.2) is 0 Å². The van der Waals surface area contributed by atoms with Crippen LogP contribution in [0.25, 0.3) is 0 Å². The summed E-state index contributed by atoms with van der Waals surface area (Å²) in [7, 11) is 0. The maximum Gasteiger partial charge on any atom is 0.256 e. The molecule has 1 aromatic rings. The SMILES string of the molecule is CC1=CC2(Nc3ccc(C)c(C)c3O2)C(C(N)=O)=C(N)O1. The van der Waals surface area contributed by atoms with Gasteiger partial charge in [0.1, 0.15) is 17.1 Å². The Morgan fingerprint density at radius 3 is 2.67 bits per heavy atom. The Morgan fingerprint density at radius 2 is 2.00 bits per heavy atom. The average Bonchev–Trinajstić information content (AvgIpc) is 2.71. The number of hydrogen-bond acceptors (Lipinski definition) is 5. The van der Waals surface area contributed by atoms with Crippen molar-refractivity contribution in [3.8, 4) is 5.75 Å². The van der Waals surface area contributed by atoms with Crippen molar-refractivity contribution >= 4 is 11.6 Å². The van der Waals surface area contributed by atoms with Crippen LogP contribution in [0.5, 0.6) is 5.75 Å². The zero-order valence-electron chi connectivity index (χ0n) is 12.1. The van der Waals surface area contributed by atoms with Gasteiger partial charge in [-0.3, -0.25) is 4.79 Å². The van der Waals surface area contributed by atoms with Crippen LogP contribution in [0, 0.1) is 13.8 Å². The van der Waals surface area contributed by atoms with Gasteiger partial charge in [-0.1, -0.05) is 6.07 Å². The Hall–Kier alpha value is -2.63. The lowest BCUT2D eigenvalue weighted by atomic mass is 9.99. The van der Waals surface area contributed by atoms with Crippen LogP contribution < -0.4 is 21.5 Å². The van der Waals surface area contributed by atoms with Crippen molar-refractivity contribution < 1.29 is 14.3 Å². The van der Waals surface area contributed by atoms with Gasteiger partial charge in [-0.25, -0.2) is 0 Å². The highest BCUT2D eigenvalue weighted by Gasteiger charge is 2.48. The van der Waals surface area contributed by atoms with Gasteiger partial charge in [0.25, 0.3) is 5.91 Å². The van der Waals surface area contributed by atoms with Crippen LogP contribution in [-0.2, 0) is 9.53 Å². The van der Waals surface area contributed by atoms with Gasteiger partial charge in [-0.15, -0.1) is 0 Å². The van der Waals surface area contributed by atoms with Crippen molar-refractivity contribution in [2.24, 2.45) is 11.5 Å². The Bertz CT molecular complexity index is 721. The second kappa shape index (κ2) is 4.18. The second-order valence-electron chi connectivity index (χ2n) is 5.31. The molecule has 6 heteroatoms. The standard InChI is InChI=1S/C15H17N3O3/c1-7-4-5-10-12(9(7)3)21-15(18-10)6-8(2)20-14(17)11(15)13(16)19/h4-6,18H,17H2,1-3H3,(H2,16,19). The molecule has 0 fully saturated rings. The van der Waals surface area contributed by atoms with E-state index in [0.717, 1.165) is 16.8 Å².